The van der Waals surface area contributed by atoms with E-state index in [0.717, 1.165) is 19.6 Å². The third-order valence-electron chi connectivity index (χ3n) is 3.84. The van der Waals surface area contributed by atoms with Gasteiger partial charge in [-0.3, -0.25) is 4.68 Å². The molecule has 1 aromatic carbocycles. The molecule has 0 N–H and O–H groups in total. The zero-order valence-electron chi connectivity index (χ0n) is 11.5. The lowest BCUT2D eigenvalue weighted by molar-refractivity contribution is 0.658. The molecule has 3 nitrogen and oxygen atoms in total. The first kappa shape index (κ1) is 12.3. The summed E-state index contributed by atoms with van der Waals surface area (Å²) in [6.45, 7) is 5.18. The Kier molecular flexibility index (Phi) is 3.53. The second kappa shape index (κ2) is 5.47. The van der Waals surface area contributed by atoms with Crippen molar-refractivity contribution in [3.05, 3.63) is 47.8 Å². The van der Waals surface area contributed by atoms with Gasteiger partial charge in [-0.15, -0.1) is 0 Å². The standard InChI is InChI=1S/C16H21N3/c1-2-19-13-14(11-17-19)12-18-10-6-5-8-15-7-3-4-9-16(15)18/h3-4,7,9,11,13H,2,5-6,8,10,12H2,1H3. The average molecular weight is 255 g/mol. The molecule has 0 radical (unpaired) electrons. The van der Waals surface area contributed by atoms with Crippen molar-refractivity contribution in [3.63, 3.8) is 0 Å². The summed E-state index contributed by atoms with van der Waals surface area (Å²) >= 11 is 0. The van der Waals surface area contributed by atoms with E-state index in [4.69, 9.17) is 0 Å². The Bertz CT molecular complexity index is 544. The molecule has 0 amide bonds. The van der Waals surface area contributed by atoms with Crippen molar-refractivity contribution >= 4 is 5.69 Å². The van der Waals surface area contributed by atoms with Crippen LogP contribution in [0.15, 0.2) is 36.7 Å². The normalized spacial score (nSPS) is 15.1. The number of para-hydroxylation sites is 1. The highest BCUT2D eigenvalue weighted by molar-refractivity contribution is 5.54. The third-order valence-corrected chi connectivity index (χ3v) is 3.84. The number of nitrogens with zero attached hydrogens (tertiary/aromatic N) is 3. The van der Waals surface area contributed by atoms with Gasteiger partial charge < -0.3 is 4.90 Å². The first-order chi connectivity index (χ1) is 9.36. The summed E-state index contributed by atoms with van der Waals surface area (Å²) in [5.41, 5.74) is 4.20. The van der Waals surface area contributed by atoms with Gasteiger partial charge in [0.25, 0.3) is 0 Å². The lowest BCUT2D eigenvalue weighted by atomic mass is 10.1. The molecule has 0 fully saturated rings. The Morgan fingerprint density at radius 2 is 2.11 bits per heavy atom. The molecule has 0 unspecified atom stereocenters. The highest BCUT2D eigenvalue weighted by atomic mass is 15.3. The maximum Gasteiger partial charge on any atom is 0.0539 e. The van der Waals surface area contributed by atoms with Gasteiger partial charge in [-0.25, -0.2) is 0 Å². The maximum absolute atomic E-state index is 4.37. The van der Waals surface area contributed by atoms with Crippen LogP contribution in [-0.4, -0.2) is 16.3 Å². The Morgan fingerprint density at radius 1 is 1.21 bits per heavy atom. The van der Waals surface area contributed by atoms with E-state index < -0.39 is 0 Å². The van der Waals surface area contributed by atoms with E-state index in [1.807, 2.05) is 10.9 Å². The van der Waals surface area contributed by atoms with Gasteiger partial charge in [-0.05, 0) is 37.8 Å². The number of aryl methyl sites for hydroxylation is 2. The lowest BCUT2D eigenvalue weighted by Gasteiger charge is -2.24. The number of fused-ring (bicyclic) bond motifs is 1. The van der Waals surface area contributed by atoms with Gasteiger partial charge in [0.1, 0.15) is 0 Å². The van der Waals surface area contributed by atoms with Crippen molar-refractivity contribution < 1.29 is 0 Å². The molecule has 100 valence electrons. The fraction of sp³-hybridized carbons (Fsp3) is 0.438. The Hall–Kier alpha value is -1.77. The highest BCUT2D eigenvalue weighted by Crippen LogP contribution is 2.27. The average Bonchev–Trinajstić information content (AvgIpc) is 2.80. The first-order valence-electron chi connectivity index (χ1n) is 7.21. The zero-order valence-corrected chi connectivity index (χ0v) is 11.5. The minimum Gasteiger partial charge on any atom is -0.367 e. The van der Waals surface area contributed by atoms with E-state index in [0.29, 0.717) is 0 Å². The van der Waals surface area contributed by atoms with Crippen molar-refractivity contribution in [1.82, 2.24) is 9.78 Å². The van der Waals surface area contributed by atoms with Crippen molar-refractivity contribution in [2.45, 2.75) is 39.3 Å². The maximum atomic E-state index is 4.37. The van der Waals surface area contributed by atoms with Gasteiger partial charge in [0.15, 0.2) is 0 Å². The topological polar surface area (TPSA) is 21.1 Å². The summed E-state index contributed by atoms with van der Waals surface area (Å²) < 4.78 is 2.00. The largest absolute Gasteiger partial charge is 0.367 e. The second-order valence-corrected chi connectivity index (χ2v) is 5.21. The van der Waals surface area contributed by atoms with E-state index in [2.05, 4.69) is 47.4 Å². The van der Waals surface area contributed by atoms with Gasteiger partial charge in [0, 0.05) is 37.1 Å². The first-order valence-corrected chi connectivity index (χ1v) is 7.21. The fourth-order valence-electron chi connectivity index (χ4n) is 2.81. The van der Waals surface area contributed by atoms with Crippen molar-refractivity contribution in [2.24, 2.45) is 0 Å². The number of aromatic nitrogens is 2. The molecule has 1 aromatic heterocycles. The van der Waals surface area contributed by atoms with Crippen molar-refractivity contribution in [1.29, 1.82) is 0 Å². The molecular formula is C16H21N3. The van der Waals surface area contributed by atoms with Crippen LogP contribution in [0.2, 0.25) is 0 Å². The summed E-state index contributed by atoms with van der Waals surface area (Å²) in [7, 11) is 0. The smallest absolute Gasteiger partial charge is 0.0539 e. The Labute approximate surface area is 114 Å². The summed E-state index contributed by atoms with van der Waals surface area (Å²) in [6, 6.07) is 8.82. The third kappa shape index (κ3) is 2.65. The SMILES string of the molecule is CCn1cc(CN2CCCCc3ccccc32)cn1. The van der Waals surface area contributed by atoms with Crippen LogP contribution in [0.1, 0.15) is 30.9 Å². The van der Waals surface area contributed by atoms with Gasteiger partial charge >= 0.3 is 0 Å². The molecule has 1 aliphatic rings. The van der Waals surface area contributed by atoms with Crippen LogP contribution < -0.4 is 4.90 Å². The number of benzene rings is 1. The van der Waals surface area contributed by atoms with E-state index in [1.165, 1.54) is 36.1 Å². The van der Waals surface area contributed by atoms with Gasteiger partial charge in [-0.2, -0.15) is 5.10 Å². The molecule has 0 bridgehead atoms. The van der Waals surface area contributed by atoms with Gasteiger partial charge in [0.2, 0.25) is 0 Å². The minimum absolute atomic E-state index is 0.941. The van der Waals surface area contributed by atoms with Crippen LogP contribution in [0.5, 0.6) is 0 Å². The molecule has 0 saturated carbocycles. The summed E-state index contributed by atoms with van der Waals surface area (Å²) in [5.74, 6) is 0. The number of hydrogen-bond donors (Lipinski definition) is 0. The molecule has 1 aliphatic heterocycles. The molecule has 3 rings (SSSR count). The molecular weight excluding hydrogens is 234 g/mol. The van der Waals surface area contributed by atoms with E-state index >= 15 is 0 Å². The van der Waals surface area contributed by atoms with E-state index in [1.54, 1.807) is 0 Å². The van der Waals surface area contributed by atoms with Gasteiger partial charge in [0.05, 0.1) is 6.20 Å². The summed E-state index contributed by atoms with van der Waals surface area (Å²) in [5, 5.41) is 4.37. The van der Waals surface area contributed by atoms with Gasteiger partial charge in [-0.1, -0.05) is 18.2 Å². The van der Waals surface area contributed by atoms with Crippen LogP contribution in [0.4, 0.5) is 5.69 Å². The number of hydrogen-bond acceptors (Lipinski definition) is 2. The molecule has 3 heteroatoms. The number of rotatable bonds is 3. The van der Waals surface area contributed by atoms with Crippen LogP contribution in [0.3, 0.4) is 0 Å². The van der Waals surface area contributed by atoms with Crippen molar-refractivity contribution in [3.8, 4) is 0 Å². The molecule has 2 aromatic rings. The predicted octanol–water partition coefficient (Wildman–Crippen LogP) is 3.25. The summed E-state index contributed by atoms with van der Waals surface area (Å²) in [4.78, 5) is 2.50. The van der Waals surface area contributed by atoms with Crippen LogP contribution >= 0.6 is 0 Å². The van der Waals surface area contributed by atoms with Crippen LogP contribution in [0, 0.1) is 0 Å². The molecule has 0 spiro atoms. The lowest BCUT2D eigenvalue weighted by Crippen LogP contribution is -2.23. The molecule has 0 atom stereocenters. The molecule has 0 aliphatic carbocycles. The summed E-state index contributed by atoms with van der Waals surface area (Å²) in [6.07, 6.45) is 7.93. The Morgan fingerprint density at radius 3 is 2.95 bits per heavy atom. The monoisotopic (exact) mass is 255 g/mol. The molecule has 2 heterocycles. The molecule has 0 saturated heterocycles. The van der Waals surface area contributed by atoms with Crippen LogP contribution in [0.25, 0.3) is 0 Å². The quantitative estimate of drug-likeness (QED) is 0.839. The molecule has 19 heavy (non-hydrogen) atoms. The fourth-order valence-corrected chi connectivity index (χ4v) is 2.81. The zero-order chi connectivity index (χ0) is 13.1. The minimum atomic E-state index is 0.941. The van der Waals surface area contributed by atoms with E-state index in [9.17, 15) is 0 Å². The van der Waals surface area contributed by atoms with Crippen molar-refractivity contribution in [2.75, 3.05) is 11.4 Å². The highest BCUT2D eigenvalue weighted by Gasteiger charge is 2.15. The van der Waals surface area contributed by atoms with E-state index in [-0.39, 0.29) is 0 Å². The Balaban J connectivity index is 1.83. The number of anilines is 1. The second-order valence-electron chi connectivity index (χ2n) is 5.21. The predicted molar refractivity (Wildman–Crippen MR) is 78.3 cm³/mol. The van der Waals surface area contributed by atoms with Crippen LogP contribution in [-0.2, 0) is 19.5 Å².